The molecule has 0 saturated carbocycles. The lowest BCUT2D eigenvalue weighted by atomic mass is 10.1. The maximum Gasteiger partial charge on any atom is 0.147 e. The van der Waals surface area contributed by atoms with Crippen LogP contribution in [-0.4, -0.2) is 45.8 Å². The fourth-order valence-electron chi connectivity index (χ4n) is 3.53. The zero-order chi connectivity index (χ0) is 18.1. The van der Waals surface area contributed by atoms with Crippen molar-refractivity contribution in [1.82, 2.24) is 19.7 Å². The van der Waals surface area contributed by atoms with Crippen LogP contribution >= 0.6 is 11.6 Å². The van der Waals surface area contributed by atoms with Crippen LogP contribution < -0.4 is 4.90 Å². The first-order chi connectivity index (χ1) is 11.9. The number of hydrogen-bond donors (Lipinski definition) is 0. The van der Waals surface area contributed by atoms with Gasteiger partial charge in [-0.05, 0) is 46.2 Å². The number of nitrogens with zero attached hydrogens (tertiary/aromatic N) is 5. The summed E-state index contributed by atoms with van der Waals surface area (Å²) in [6.45, 7) is 15.6. The summed E-state index contributed by atoms with van der Waals surface area (Å²) in [6.07, 6.45) is 1.89. The Balaban J connectivity index is 1.65. The smallest absolute Gasteiger partial charge is 0.147 e. The van der Waals surface area contributed by atoms with E-state index in [1.807, 2.05) is 19.2 Å². The minimum absolute atomic E-state index is 0.402. The van der Waals surface area contributed by atoms with E-state index >= 15 is 0 Å². The van der Waals surface area contributed by atoms with Crippen molar-refractivity contribution in [3.8, 4) is 0 Å². The summed E-state index contributed by atoms with van der Waals surface area (Å²) in [4.78, 5) is 9.31. The standard InChI is InChI=1S/C19H28ClN5/c1-13(2)25-16(5)17(15(4)22-25)12-23-6-8-24(9-7-23)19-18(20)10-14(3)11-21-19/h10-11,13H,6-9,12H2,1-5H3. The minimum Gasteiger partial charge on any atom is -0.353 e. The van der Waals surface area contributed by atoms with Gasteiger partial charge in [0, 0.05) is 56.2 Å². The highest BCUT2D eigenvalue weighted by atomic mass is 35.5. The minimum atomic E-state index is 0.402. The van der Waals surface area contributed by atoms with Gasteiger partial charge in [0.2, 0.25) is 0 Å². The molecule has 25 heavy (non-hydrogen) atoms. The number of anilines is 1. The van der Waals surface area contributed by atoms with Gasteiger partial charge in [0.25, 0.3) is 0 Å². The van der Waals surface area contributed by atoms with Crippen LogP contribution in [0.4, 0.5) is 5.82 Å². The Labute approximate surface area is 155 Å². The van der Waals surface area contributed by atoms with Crippen LogP contribution in [0.15, 0.2) is 12.3 Å². The zero-order valence-electron chi connectivity index (χ0n) is 15.9. The second-order valence-electron chi connectivity index (χ2n) is 7.27. The van der Waals surface area contributed by atoms with Crippen molar-refractivity contribution in [1.29, 1.82) is 0 Å². The largest absolute Gasteiger partial charge is 0.353 e. The van der Waals surface area contributed by atoms with Gasteiger partial charge >= 0.3 is 0 Å². The van der Waals surface area contributed by atoms with E-state index in [1.165, 1.54) is 11.3 Å². The molecule has 0 unspecified atom stereocenters. The monoisotopic (exact) mass is 361 g/mol. The van der Waals surface area contributed by atoms with Crippen LogP contribution in [0.2, 0.25) is 5.02 Å². The van der Waals surface area contributed by atoms with E-state index in [1.54, 1.807) is 0 Å². The predicted octanol–water partition coefficient (Wildman–Crippen LogP) is 3.76. The fourth-order valence-corrected chi connectivity index (χ4v) is 3.87. The van der Waals surface area contributed by atoms with Gasteiger partial charge in [-0.25, -0.2) is 4.98 Å². The first kappa shape index (κ1) is 18.2. The van der Waals surface area contributed by atoms with Crippen molar-refractivity contribution >= 4 is 17.4 Å². The molecule has 5 nitrogen and oxygen atoms in total. The second kappa shape index (κ2) is 7.34. The molecule has 0 atom stereocenters. The average Bonchev–Trinajstić information content (AvgIpc) is 2.84. The normalized spacial score (nSPS) is 16.0. The molecule has 2 aromatic heterocycles. The molecular formula is C19H28ClN5. The molecule has 1 saturated heterocycles. The first-order valence-corrected chi connectivity index (χ1v) is 9.38. The van der Waals surface area contributed by atoms with E-state index in [4.69, 9.17) is 16.7 Å². The number of rotatable bonds is 4. The molecule has 0 N–H and O–H groups in total. The van der Waals surface area contributed by atoms with Gasteiger partial charge in [-0.1, -0.05) is 11.6 Å². The summed E-state index contributed by atoms with van der Waals surface area (Å²) < 4.78 is 2.14. The van der Waals surface area contributed by atoms with Gasteiger partial charge in [-0.15, -0.1) is 0 Å². The van der Waals surface area contributed by atoms with Crippen molar-refractivity contribution in [3.05, 3.63) is 39.8 Å². The Hall–Kier alpha value is -1.59. The van der Waals surface area contributed by atoms with Gasteiger partial charge in [-0.3, -0.25) is 9.58 Å². The van der Waals surface area contributed by atoms with Crippen molar-refractivity contribution in [2.45, 2.75) is 47.2 Å². The van der Waals surface area contributed by atoms with Crippen LogP contribution in [0, 0.1) is 20.8 Å². The second-order valence-corrected chi connectivity index (χ2v) is 7.68. The molecule has 6 heteroatoms. The number of pyridine rings is 1. The van der Waals surface area contributed by atoms with E-state index in [-0.39, 0.29) is 0 Å². The number of hydrogen-bond acceptors (Lipinski definition) is 4. The van der Waals surface area contributed by atoms with Crippen LogP contribution in [0.1, 0.15) is 42.4 Å². The molecule has 1 fully saturated rings. The summed E-state index contributed by atoms with van der Waals surface area (Å²) in [5.74, 6) is 0.909. The first-order valence-electron chi connectivity index (χ1n) is 9.01. The Morgan fingerprint density at radius 1 is 1.12 bits per heavy atom. The van der Waals surface area contributed by atoms with Crippen LogP contribution in [0.3, 0.4) is 0 Å². The lowest BCUT2D eigenvalue weighted by molar-refractivity contribution is 0.248. The summed E-state index contributed by atoms with van der Waals surface area (Å²) in [7, 11) is 0. The number of halogens is 1. The molecule has 0 aliphatic carbocycles. The third-order valence-corrected chi connectivity index (χ3v) is 5.25. The van der Waals surface area contributed by atoms with E-state index in [9.17, 15) is 0 Å². The third kappa shape index (κ3) is 3.82. The van der Waals surface area contributed by atoms with Crippen molar-refractivity contribution in [2.24, 2.45) is 0 Å². The van der Waals surface area contributed by atoms with Crippen LogP contribution in [-0.2, 0) is 6.54 Å². The van der Waals surface area contributed by atoms with Crippen molar-refractivity contribution < 1.29 is 0 Å². The highest BCUT2D eigenvalue weighted by Gasteiger charge is 2.22. The van der Waals surface area contributed by atoms with Crippen LogP contribution in [0.25, 0.3) is 0 Å². The Morgan fingerprint density at radius 2 is 1.80 bits per heavy atom. The van der Waals surface area contributed by atoms with Gasteiger partial charge in [0.15, 0.2) is 0 Å². The SMILES string of the molecule is Cc1cnc(N2CCN(Cc3c(C)nn(C(C)C)c3C)CC2)c(Cl)c1. The van der Waals surface area contributed by atoms with Gasteiger partial charge < -0.3 is 4.90 Å². The molecule has 1 aliphatic heterocycles. The molecule has 3 heterocycles. The van der Waals surface area contributed by atoms with E-state index in [0.717, 1.165) is 54.8 Å². The maximum atomic E-state index is 6.37. The predicted molar refractivity (Wildman–Crippen MR) is 104 cm³/mol. The average molecular weight is 362 g/mol. The fraction of sp³-hybridized carbons (Fsp3) is 0.579. The third-order valence-electron chi connectivity index (χ3n) is 4.98. The Morgan fingerprint density at radius 3 is 2.36 bits per heavy atom. The lowest BCUT2D eigenvalue weighted by Crippen LogP contribution is -2.46. The molecule has 136 valence electrons. The van der Waals surface area contributed by atoms with Gasteiger partial charge in [0.05, 0.1) is 10.7 Å². The maximum absolute atomic E-state index is 6.37. The van der Waals surface area contributed by atoms with Crippen molar-refractivity contribution in [2.75, 3.05) is 31.1 Å². The molecule has 0 radical (unpaired) electrons. The Kier molecular flexibility index (Phi) is 5.35. The van der Waals surface area contributed by atoms with Crippen molar-refractivity contribution in [3.63, 3.8) is 0 Å². The summed E-state index contributed by atoms with van der Waals surface area (Å²) in [5, 5.41) is 5.46. The van der Waals surface area contributed by atoms with Crippen LogP contribution in [0.5, 0.6) is 0 Å². The molecule has 0 aromatic carbocycles. The van der Waals surface area contributed by atoms with E-state index < -0.39 is 0 Å². The summed E-state index contributed by atoms with van der Waals surface area (Å²) in [6, 6.07) is 2.39. The molecule has 0 bridgehead atoms. The molecule has 0 spiro atoms. The highest BCUT2D eigenvalue weighted by molar-refractivity contribution is 6.33. The summed E-state index contributed by atoms with van der Waals surface area (Å²) >= 11 is 6.37. The zero-order valence-corrected chi connectivity index (χ0v) is 16.6. The quantitative estimate of drug-likeness (QED) is 0.830. The molecule has 0 amide bonds. The summed E-state index contributed by atoms with van der Waals surface area (Å²) in [5.41, 5.74) is 4.91. The molecule has 3 rings (SSSR count). The molecular weight excluding hydrogens is 334 g/mol. The lowest BCUT2D eigenvalue weighted by Gasteiger charge is -2.35. The number of piperazine rings is 1. The van der Waals surface area contributed by atoms with Gasteiger partial charge in [-0.2, -0.15) is 5.10 Å². The van der Waals surface area contributed by atoms with E-state index in [0.29, 0.717) is 6.04 Å². The van der Waals surface area contributed by atoms with Gasteiger partial charge in [0.1, 0.15) is 5.82 Å². The highest BCUT2D eigenvalue weighted by Crippen LogP contribution is 2.26. The number of aromatic nitrogens is 3. The Bertz CT molecular complexity index is 745. The molecule has 2 aromatic rings. The molecule has 1 aliphatic rings. The van der Waals surface area contributed by atoms with E-state index in [2.05, 4.69) is 47.2 Å². The topological polar surface area (TPSA) is 37.2 Å². The number of aryl methyl sites for hydroxylation is 2.